The number of hydrogen-bond donors (Lipinski definition) is 1. The van der Waals surface area contributed by atoms with Crippen molar-refractivity contribution in [2.24, 2.45) is 0 Å². The summed E-state index contributed by atoms with van der Waals surface area (Å²) in [6, 6.07) is 6.44. The summed E-state index contributed by atoms with van der Waals surface area (Å²) in [4.78, 5) is 16.2. The van der Waals surface area contributed by atoms with Crippen LogP contribution in [0.4, 0.5) is 0 Å². The summed E-state index contributed by atoms with van der Waals surface area (Å²) >= 11 is 0. The molecule has 0 spiro atoms. The molecule has 1 N–H and O–H groups in total. The molecule has 6 nitrogen and oxygen atoms in total. The fourth-order valence-corrected chi connectivity index (χ4v) is 3.18. The van der Waals surface area contributed by atoms with Gasteiger partial charge in [0.1, 0.15) is 0 Å². The minimum absolute atomic E-state index is 0.122. The third-order valence-corrected chi connectivity index (χ3v) is 4.69. The average Bonchev–Trinajstić information content (AvgIpc) is 2.46. The van der Waals surface area contributed by atoms with E-state index in [9.17, 15) is 13.2 Å². The predicted octanol–water partition coefficient (Wildman–Crippen LogP) is 1.04. The first-order valence-electron chi connectivity index (χ1n) is 6.49. The quantitative estimate of drug-likeness (QED) is 0.901. The molecule has 0 aromatic heterocycles. The van der Waals surface area contributed by atoms with Gasteiger partial charge >= 0.3 is 0 Å². The van der Waals surface area contributed by atoms with Crippen molar-refractivity contribution in [1.29, 1.82) is 0 Å². The SMILES string of the molecule is CC(=O)NCc1ccc(S(=O)(=O)N2CCCCO2)cc1. The minimum Gasteiger partial charge on any atom is -0.352 e. The highest BCUT2D eigenvalue weighted by Gasteiger charge is 2.27. The molecule has 1 amide bonds. The van der Waals surface area contributed by atoms with Gasteiger partial charge in [0.2, 0.25) is 5.91 Å². The van der Waals surface area contributed by atoms with Crippen LogP contribution in [0, 0.1) is 0 Å². The van der Waals surface area contributed by atoms with Gasteiger partial charge in [0.25, 0.3) is 10.0 Å². The summed E-state index contributed by atoms with van der Waals surface area (Å²) in [5, 5.41) is 2.66. The van der Waals surface area contributed by atoms with Gasteiger partial charge < -0.3 is 5.32 Å². The van der Waals surface area contributed by atoms with E-state index in [1.807, 2.05) is 0 Å². The summed E-state index contributed by atoms with van der Waals surface area (Å²) < 4.78 is 25.6. The Bertz CT molecular complexity index is 563. The van der Waals surface area contributed by atoms with Gasteiger partial charge in [0.15, 0.2) is 0 Å². The monoisotopic (exact) mass is 298 g/mol. The van der Waals surface area contributed by atoms with Crippen LogP contribution in [-0.2, 0) is 26.2 Å². The zero-order valence-electron chi connectivity index (χ0n) is 11.3. The number of carbonyl (C=O) groups is 1. The molecule has 1 saturated heterocycles. The number of hydroxylamine groups is 1. The maximum atomic E-state index is 12.3. The largest absolute Gasteiger partial charge is 0.352 e. The third-order valence-electron chi connectivity index (χ3n) is 3.00. The van der Waals surface area contributed by atoms with Crippen LogP contribution in [0.15, 0.2) is 29.2 Å². The molecule has 1 heterocycles. The summed E-state index contributed by atoms with van der Waals surface area (Å²) in [5.41, 5.74) is 0.846. The molecule has 1 aliphatic heterocycles. The smallest absolute Gasteiger partial charge is 0.265 e. The number of hydrogen-bond acceptors (Lipinski definition) is 4. The van der Waals surface area contributed by atoms with Crippen molar-refractivity contribution in [1.82, 2.24) is 9.79 Å². The van der Waals surface area contributed by atoms with E-state index in [-0.39, 0.29) is 10.8 Å². The first-order valence-corrected chi connectivity index (χ1v) is 7.93. The number of rotatable bonds is 4. The average molecular weight is 298 g/mol. The molecule has 1 aromatic carbocycles. The maximum absolute atomic E-state index is 12.3. The molecule has 0 unspecified atom stereocenters. The van der Waals surface area contributed by atoms with Gasteiger partial charge in [0.05, 0.1) is 11.5 Å². The van der Waals surface area contributed by atoms with E-state index in [1.54, 1.807) is 12.1 Å². The molecule has 20 heavy (non-hydrogen) atoms. The Morgan fingerprint density at radius 2 is 2.00 bits per heavy atom. The van der Waals surface area contributed by atoms with Crippen LogP contribution in [0.5, 0.6) is 0 Å². The van der Waals surface area contributed by atoms with Crippen molar-refractivity contribution < 1.29 is 18.0 Å². The van der Waals surface area contributed by atoms with Crippen molar-refractivity contribution in [3.05, 3.63) is 29.8 Å². The lowest BCUT2D eigenvalue weighted by atomic mass is 10.2. The lowest BCUT2D eigenvalue weighted by Gasteiger charge is -2.25. The summed E-state index contributed by atoms with van der Waals surface area (Å²) in [6.07, 6.45) is 1.68. The van der Waals surface area contributed by atoms with Crippen molar-refractivity contribution in [3.8, 4) is 0 Å². The first-order chi connectivity index (χ1) is 9.50. The standard InChI is InChI=1S/C13H18N2O4S/c1-11(16)14-10-12-4-6-13(7-5-12)20(17,18)15-8-2-3-9-19-15/h4-7H,2-3,8-10H2,1H3,(H,14,16). The predicted molar refractivity (Wildman–Crippen MR) is 73.0 cm³/mol. The molecule has 0 saturated carbocycles. The van der Waals surface area contributed by atoms with Crippen LogP contribution in [-0.4, -0.2) is 31.9 Å². The number of nitrogens with zero attached hydrogens (tertiary/aromatic N) is 1. The molecule has 7 heteroatoms. The van der Waals surface area contributed by atoms with Crippen molar-refractivity contribution in [2.45, 2.75) is 31.2 Å². The van der Waals surface area contributed by atoms with Crippen LogP contribution >= 0.6 is 0 Å². The number of sulfonamides is 1. The molecule has 1 fully saturated rings. The zero-order chi connectivity index (χ0) is 14.6. The first kappa shape index (κ1) is 15.0. The second-order valence-corrected chi connectivity index (χ2v) is 6.45. The molecule has 0 radical (unpaired) electrons. The van der Waals surface area contributed by atoms with Crippen molar-refractivity contribution >= 4 is 15.9 Å². The summed E-state index contributed by atoms with van der Waals surface area (Å²) in [6.45, 7) is 2.64. The second kappa shape index (κ2) is 6.34. The van der Waals surface area contributed by atoms with Gasteiger partial charge in [-0.1, -0.05) is 16.6 Å². The maximum Gasteiger partial charge on any atom is 0.265 e. The van der Waals surface area contributed by atoms with Gasteiger partial charge in [-0.15, -0.1) is 0 Å². The molecule has 1 aromatic rings. The van der Waals surface area contributed by atoms with Crippen LogP contribution in [0.2, 0.25) is 0 Å². The Hall–Kier alpha value is -1.44. The van der Waals surface area contributed by atoms with Gasteiger partial charge in [-0.05, 0) is 30.5 Å². The minimum atomic E-state index is -3.59. The number of benzene rings is 1. The summed E-state index contributed by atoms with van der Waals surface area (Å²) in [5.74, 6) is -0.122. The van der Waals surface area contributed by atoms with E-state index in [0.29, 0.717) is 19.7 Å². The van der Waals surface area contributed by atoms with E-state index >= 15 is 0 Å². The topological polar surface area (TPSA) is 75.7 Å². The van der Waals surface area contributed by atoms with E-state index in [2.05, 4.69) is 5.32 Å². The van der Waals surface area contributed by atoms with Crippen LogP contribution in [0.1, 0.15) is 25.3 Å². The van der Waals surface area contributed by atoms with Gasteiger partial charge in [-0.3, -0.25) is 9.63 Å². The lowest BCUT2D eigenvalue weighted by molar-refractivity contribution is -0.119. The Balaban J connectivity index is 2.10. The highest BCUT2D eigenvalue weighted by atomic mass is 32.2. The lowest BCUT2D eigenvalue weighted by Crippen LogP contribution is -2.35. The normalized spacial score (nSPS) is 16.9. The van der Waals surface area contributed by atoms with Crippen molar-refractivity contribution in [2.75, 3.05) is 13.2 Å². The van der Waals surface area contributed by atoms with E-state index in [4.69, 9.17) is 4.84 Å². The number of carbonyl (C=O) groups excluding carboxylic acids is 1. The van der Waals surface area contributed by atoms with Crippen LogP contribution in [0.3, 0.4) is 0 Å². The van der Waals surface area contributed by atoms with Gasteiger partial charge in [0, 0.05) is 20.0 Å². The Morgan fingerprint density at radius 1 is 1.30 bits per heavy atom. The molecular formula is C13H18N2O4S. The molecular weight excluding hydrogens is 280 g/mol. The number of amides is 1. The molecule has 2 rings (SSSR count). The highest BCUT2D eigenvalue weighted by molar-refractivity contribution is 7.89. The number of nitrogens with one attached hydrogen (secondary N) is 1. The Morgan fingerprint density at radius 3 is 2.55 bits per heavy atom. The van der Waals surface area contributed by atoms with E-state index < -0.39 is 10.0 Å². The van der Waals surface area contributed by atoms with Crippen LogP contribution in [0.25, 0.3) is 0 Å². The van der Waals surface area contributed by atoms with Gasteiger partial charge in [-0.2, -0.15) is 0 Å². The molecule has 0 atom stereocenters. The highest BCUT2D eigenvalue weighted by Crippen LogP contribution is 2.20. The molecule has 0 aliphatic carbocycles. The second-order valence-electron chi connectivity index (χ2n) is 4.63. The van der Waals surface area contributed by atoms with Crippen LogP contribution < -0.4 is 5.32 Å². The van der Waals surface area contributed by atoms with E-state index in [1.165, 1.54) is 19.1 Å². The molecule has 110 valence electrons. The molecule has 0 bridgehead atoms. The van der Waals surface area contributed by atoms with Gasteiger partial charge in [-0.25, -0.2) is 8.42 Å². The van der Waals surface area contributed by atoms with E-state index in [0.717, 1.165) is 22.9 Å². The Kier molecular flexibility index (Phi) is 4.74. The molecule has 1 aliphatic rings. The van der Waals surface area contributed by atoms with Crippen molar-refractivity contribution in [3.63, 3.8) is 0 Å². The Labute approximate surface area is 118 Å². The zero-order valence-corrected chi connectivity index (χ0v) is 12.1. The third kappa shape index (κ3) is 3.56. The summed E-state index contributed by atoms with van der Waals surface area (Å²) in [7, 11) is -3.59. The fourth-order valence-electron chi connectivity index (χ4n) is 1.89. The fraction of sp³-hybridized carbons (Fsp3) is 0.462.